The molecule has 313 valence electrons. The molecule has 0 saturated carbocycles. The first kappa shape index (κ1) is 49.0. The molecule has 3 aliphatic heterocycles. The number of rotatable bonds is 10. The number of benzene rings is 3. The zero-order chi connectivity index (χ0) is 41.1. The number of aliphatic hydroxyl groups excluding tert-OH is 1. The fraction of sp³-hybridized carbons (Fsp3) is 0.286. The van der Waals surface area contributed by atoms with E-state index in [9.17, 15) is 13.5 Å². The first-order valence-electron chi connectivity index (χ1n) is 17.8. The molecule has 0 amide bonds. The van der Waals surface area contributed by atoms with Gasteiger partial charge >= 0.3 is 0 Å². The van der Waals surface area contributed by atoms with Crippen molar-refractivity contribution in [2.75, 3.05) is 67.9 Å². The predicted molar refractivity (Wildman–Crippen MR) is 224 cm³/mol. The second-order valence-electron chi connectivity index (χ2n) is 12.6. The van der Waals surface area contributed by atoms with Crippen molar-refractivity contribution < 1.29 is 97.2 Å². The van der Waals surface area contributed by atoms with Gasteiger partial charge in [-0.2, -0.15) is 8.42 Å². The third-order valence-corrected chi connectivity index (χ3v) is 9.72. The Morgan fingerprint density at radius 1 is 0.661 bits per heavy atom. The number of fused-ring (bicyclic) bond motifs is 5. The van der Waals surface area contributed by atoms with E-state index in [0.29, 0.717) is 40.8 Å². The molecule has 1 radical (unpaired) electrons. The van der Waals surface area contributed by atoms with Crippen molar-refractivity contribution in [2.45, 2.75) is 19.3 Å². The van der Waals surface area contributed by atoms with E-state index in [1.165, 1.54) is 5.56 Å². The van der Waals surface area contributed by atoms with Gasteiger partial charge in [0.05, 0.1) is 72.6 Å². The van der Waals surface area contributed by atoms with Crippen LogP contribution in [0.5, 0.6) is 34.5 Å². The molecule has 1 aromatic heterocycles. The number of nitrogens with two attached hydrogens (primary N) is 1. The molecule has 7 rings (SSSR count). The maximum absolute atomic E-state index is 11.2. The molecule has 4 aromatic rings. The first-order valence-corrected chi connectivity index (χ1v) is 19.6. The smallest absolute Gasteiger partial charge is 0.264 e. The minimum atomic E-state index is -3.53. The number of methoxy groups -OCH3 is 6. The van der Waals surface area contributed by atoms with Crippen LogP contribution < -0.4 is 34.2 Å². The van der Waals surface area contributed by atoms with Crippen molar-refractivity contribution in [3.8, 4) is 45.8 Å². The molecule has 0 bridgehead atoms. The van der Waals surface area contributed by atoms with E-state index >= 15 is 0 Å². The van der Waals surface area contributed by atoms with Gasteiger partial charge in [0, 0.05) is 86.4 Å². The number of ether oxygens (including phenoxy) is 6. The number of hydrogen-bond donors (Lipinski definition) is 2. The Morgan fingerprint density at radius 2 is 1.07 bits per heavy atom. The summed E-state index contributed by atoms with van der Waals surface area (Å²) in [5.74, 6) is 4.74. The van der Waals surface area contributed by atoms with Crippen LogP contribution >= 0.6 is 0 Å². The molecule has 14 nitrogen and oxygen atoms in total. The van der Waals surface area contributed by atoms with E-state index in [-0.39, 0.29) is 64.3 Å². The molecule has 4 heterocycles. The quantitative estimate of drug-likeness (QED) is 0.175. The van der Waals surface area contributed by atoms with Gasteiger partial charge in [0.2, 0.25) is 0 Å². The minimum Gasteiger partial charge on any atom is -0.493 e. The van der Waals surface area contributed by atoms with Crippen molar-refractivity contribution in [1.82, 2.24) is 4.57 Å². The van der Waals surface area contributed by atoms with E-state index in [1.807, 2.05) is 65.4 Å². The third kappa shape index (κ3) is 12.1. The second-order valence-corrected chi connectivity index (χ2v) is 14.3. The largest absolute Gasteiger partial charge is 0.493 e. The average Bonchev–Trinajstić information content (AvgIpc) is 3.38. The van der Waals surface area contributed by atoms with Gasteiger partial charge in [-0.25, -0.2) is 0 Å². The molecule has 0 atom stereocenters. The maximum atomic E-state index is 11.2. The molecule has 0 aliphatic carbocycles. The SMILES string of the molecule is COc1cc2c(cc1OC)-c1ccc(N)n1C=CC2.COc1cc2c(cc1OC)C(CO)=NC=CC2.COc1cc2c(cc1OC)C(COS(C)(=O)=O)=NC=CC2.[3HH].[U].[V]. The van der Waals surface area contributed by atoms with E-state index in [0.717, 1.165) is 69.9 Å². The Kier molecular flexibility index (Phi) is 19.0. The van der Waals surface area contributed by atoms with Crippen molar-refractivity contribution in [2.24, 2.45) is 9.98 Å². The van der Waals surface area contributed by atoms with E-state index in [2.05, 4.69) is 16.1 Å². The van der Waals surface area contributed by atoms with Crippen LogP contribution in [0.4, 0.5) is 5.82 Å². The Morgan fingerprint density at radius 3 is 1.53 bits per heavy atom. The van der Waals surface area contributed by atoms with Crippen LogP contribution in [0.3, 0.4) is 0 Å². The number of allylic oxidation sites excluding steroid dienone is 3. The Balaban J connectivity index is 0.000000304. The summed E-state index contributed by atoms with van der Waals surface area (Å²) < 4.78 is 60.9. The van der Waals surface area contributed by atoms with Gasteiger partial charge in [0.1, 0.15) is 12.4 Å². The molecule has 3 aromatic carbocycles. The molecule has 0 saturated heterocycles. The van der Waals surface area contributed by atoms with E-state index in [4.69, 9.17) is 38.3 Å². The van der Waals surface area contributed by atoms with Gasteiger partial charge in [-0.05, 0) is 84.5 Å². The molecule has 3 aliphatic rings. The van der Waals surface area contributed by atoms with Gasteiger partial charge in [-0.1, -0.05) is 18.2 Å². The topological polar surface area (TPSA) is 175 Å². The van der Waals surface area contributed by atoms with Crippen LogP contribution in [-0.4, -0.2) is 91.6 Å². The fourth-order valence-corrected chi connectivity index (χ4v) is 6.69. The summed E-state index contributed by atoms with van der Waals surface area (Å²) in [5, 5.41) is 9.32. The van der Waals surface area contributed by atoms with Crippen molar-refractivity contribution in [1.29, 1.82) is 0 Å². The number of anilines is 1. The van der Waals surface area contributed by atoms with Gasteiger partial charge in [0.25, 0.3) is 10.1 Å². The molecule has 0 spiro atoms. The number of nitrogens with zero attached hydrogens (tertiary/aromatic N) is 3. The first-order chi connectivity index (χ1) is 27.5. The Bertz CT molecular complexity index is 2360. The molecule has 0 fully saturated rings. The monoisotopic (exact) mass is 1090 g/mol. The molecular formula is C42H50N4O10SUV. The number of nitrogen functional groups attached to an aromatic ring is 1. The van der Waals surface area contributed by atoms with Crippen LogP contribution in [0, 0.1) is 31.1 Å². The van der Waals surface area contributed by atoms with E-state index < -0.39 is 10.1 Å². The van der Waals surface area contributed by atoms with Crippen molar-refractivity contribution in [3.05, 3.63) is 107 Å². The Labute approximate surface area is 382 Å². The average molecular weight is 1090 g/mol. The maximum Gasteiger partial charge on any atom is 0.264 e. The van der Waals surface area contributed by atoms with Crippen LogP contribution in [-0.2, 0) is 52.1 Å². The van der Waals surface area contributed by atoms with Crippen molar-refractivity contribution >= 4 is 33.6 Å². The zero-order valence-electron chi connectivity index (χ0n) is 34.0. The summed E-state index contributed by atoms with van der Waals surface area (Å²) in [6.45, 7) is -0.210. The molecule has 17 heteroatoms. The predicted octanol–water partition coefficient (Wildman–Crippen LogP) is 6.12. The normalized spacial score (nSPS) is 13.0. The summed E-state index contributed by atoms with van der Waals surface area (Å²) in [6.07, 6.45) is 14.6. The summed E-state index contributed by atoms with van der Waals surface area (Å²) >= 11 is 0. The van der Waals surface area contributed by atoms with Gasteiger partial charge in [0.15, 0.2) is 34.5 Å². The minimum absolute atomic E-state index is 0. The molecule has 0 unspecified atom stereocenters. The molecule has 59 heavy (non-hydrogen) atoms. The molecule has 3 N–H and O–H groups in total. The van der Waals surface area contributed by atoms with Crippen LogP contribution in [0.1, 0.15) is 29.2 Å². The van der Waals surface area contributed by atoms with Crippen LogP contribution in [0.15, 0.2) is 89.1 Å². The summed E-state index contributed by atoms with van der Waals surface area (Å²) in [7, 11) is 6.08. The summed E-state index contributed by atoms with van der Waals surface area (Å²) in [5.41, 5.74) is 14.3. The standard InChI is InChI=1S/C15H16N2O2.C14H17NO5S.C13H15NO3.U.V.H2/c1-18-13-8-10-4-3-7-17-12(5-6-15(17)16)11(10)9-14(13)19-2;1-18-13-7-10-5-4-6-15-12(9-20-21(3,16)17)11(10)8-14(13)19-2;1-16-12-6-9-4-3-5-14-11(8-15)10(9)7-13(12)17-2;;;/h3,5-9H,4,16H2,1-2H3;4,6-8H,5,9H2,1-3H3;3,5-7,15H,4,8H2,1-2H3;;;1H/i;;;;;1+2. The van der Waals surface area contributed by atoms with Crippen molar-refractivity contribution in [3.63, 3.8) is 0 Å². The fourth-order valence-electron chi connectivity index (χ4n) is 6.37. The number of aromatic nitrogens is 1. The van der Waals surface area contributed by atoms with Gasteiger partial charge in [-0.15, -0.1) is 0 Å². The number of aliphatic imine (C=N–C) groups is 2. The summed E-state index contributed by atoms with van der Waals surface area (Å²) in [6, 6.07) is 15.4. The number of aliphatic hydroxyl groups is 1. The zero-order valence-corrected chi connectivity index (χ0v) is 40.4. The van der Waals surface area contributed by atoms with Gasteiger partial charge < -0.3 is 43.8 Å². The van der Waals surface area contributed by atoms with Crippen LogP contribution in [0.2, 0.25) is 0 Å². The Hall–Kier alpha value is -4.39. The second kappa shape index (κ2) is 22.8. The van der Waals surface area contributed by atoms with Crippen LogP contribution in [0.25, 0.3) is 17.5 Å². The summed E-state index contributed by atoms with van der Waals surface area (Å²) in [4.78, 5) is 8.45. The van der Waals surface area contributed by atoms with E-state index in [1.54, 1.807) is 61.1 Å². The third-order valence-electron chi connectivity index (χ3n) is 9.17. The van der Waals surface area contributed by atoms with Gasteiger partial charge in [-0.3, -0.25) is 14.2 Å². The molecular weight excluding hydrogens is 1040 g/mol. The number of hydrogen-bond acceptors (Lipinski definition) is 13.